The maximum Gasteiger partial charge on any atom is 0.262 e. The molecule has 0 saturated heterocycles. The van der Waals surface area contributed by atoms with E-state index in [1.165, 1.54) is 18.7 Å². The van der Waals surface area contributed by atoms with Gasteiger partial charge in [-0.3, -0.25) is 19.0 Å². The Hall–Kier alpha value is -3.45. The first-order valence-electron chi connectivity index (χ1n) is 10.7. The Balaban J connectivity index is 1.73. The van der Waals surface area contributed by atoms with Gasteiger partial charge in [0, 0.05) is 11.3 Å². The summed E-state index contributed by atoms with van der Waals surface area (Å²) in [6.45, 7) is 7.02. The number of ketones is 2. The van der Waals surface area contributed by atoms with E-state index >= 15 is 0 Å². The Morgan fingerprint density at radius 2 is 1.73 bits per heavy atom. The van der Waals surface area contributed by atoms with Gasteiger partial charge in [-0.1, -0.05) is 54.2 Å². The number of thioether (sulfide) groups is 1. The Morgan fingerprint density at radius 1 is 1.06 bits per heavy atom. The van der Waals surface area contributed by atoms with Crippen LogP contribution in [0.25, 0.3) is 10.9 Å². The monoisotopic (exact) mass is 459 g/mol. The zero-order valence-corrected chi connectivity index (χ0v) is 19.8. The molecule has 1 atom stereocenters. The first-order valence-corrected chi connectivity index (χ1v) is 11.7. The summed E-state index contributed by atoms with van der Waals surface area (Å²) in [5.41, 5.74) is 3.76. The average Bonchev–Trinajstić information content (AvgIpc) is 3.11. The van der Waals surface area contributed by atoms with Crippen LogP contribution in [0.2, 0.25) is 0 Å². The molecule has 0 radical (unpaired) electrons. The zero-order valence-electron chi connectivity index (χ0n) is 19.0. The van der Waals surface area contributed by atoms with Crippen molar-refractivity contribution < 1.29 is 9.59 Å². The molecule has 0 bridgehead atoms. The Bertz CT molecular complexity index is 1420. The number of aromatic nitrogens is 3. The van der Waals surface area contributed by atoms with Crippen LogP contribution in [-0.2, 0) is 0 Å². The molecule has 2 heterocycles. The van der Waals surface area contributed by atoms with Gasteiger partial charge >= 0.3 is 0 Å². The maximum atomic E-state index is 13.4. The van der Waals surface area contributed by atoms with E-state index in [1.807, 2.05) is 49.4 Å². The molecule has 2 aromatic carbocycles. The molecule has 33 heavy (non-hydrogen) atoms. The second-order valence-corrected chi connectivity index (χ2v) is 9.01. The van der Waals surface area contributed by atoms with Gasteiger partial charge in [0.25, 0.3) is 5.56 Å². The summed E-state index contributed by atoms with van der Waals surface area (Å²) in [7, 11) is 0. The number of nitrogens with zero attached hydrogens (tertiary/aromatic N) is 2. The van der Waals surface area contributed by atoms with Crippen molar-refractivity contribution in [3.8, 4) is 0 Å². The van der Waals surface area contributed by atoms with E-state index in [9.17, 15) is 14.4 Å². The highest BCUT2D eigenvalue weighted by molar-refractivity contribution is 7.99. The largest absolute Gasteiger partial charge is 0.355 e. The van der Waals surface area contributed by atoms with Gasteiger partial charge in [-0.05, 0) is 51.0 Å². The molecule has 0 aliphatic heterocycles. The molecule has 0 spiro atoms. The fourth-order valence-corrected chi connectivity index (χ4v) is 5.16. The molecular weight excluding hydrogens is 434 g/mol. The molecular formula is C26H25N3O3S. The summed E-state index contributed by atoms with van der Waals surface area (Å²) in [6, 6.07) is 16.7. The molecule has 1 N–H and O–H groups in total. The van der Waals surface area contributed by atoms with E-state index in [1.54, 1.807) is 30.5 Å². The van der Waals surface area contributed by atoms with E-state index in [4.69, 9.17) is 4.98 Å². The lowest BCUT2D eigenvalue weighted by Crippen LogP contribution is -2.27. The number of hydrogen-bond donors (Lipinski definition) is 1. The number of rotatable bonds is 7. The lowest BCUT2D eigenvalue weighted by Gasteiger charge is -2.20. The second-order valence-electron chi connectivity index (χ2n) is 8.07. The second kappa shape index (κ2) is 9.19. The summed E-state index contributed by atoms with van der Waals surface area (Å²) in [5, 5.41) is 1.02. The number of carbonyl (C=O) groups excluding carboxylic acids is 2. The summed E-state index contributed by atoms with van der Waals surface area (Å²) in [4.78, 5) is 46.2. The summed E-state index contributed by atoms with van der Waals surface area (Å²) < 4.78 is 1.66. The van der Waals surface area contributed by atoms with Crippen molar-refractivity contribution in [2.75, 3.05) is 5.75 Å². The van der Waals surface area contributed by atoms with Crippen LogP contribution in [0.4, 0.5) is 0 Å². The molecule has 7 heteroatoms. The van der Waals surface area contributed by atoms with Crippen molar-refractivity contribution in [1.29, 1.82) is 0 Å². The molecule has 0 amide bonds. The van der Waals surface area contributed by atoms with Crippen LogP contribution in [0.1, 0.15) is 57.6 Å². The van der Waals surface area contributed by atoms with Gasteiger partial charge < -0.3 is 4.98 Å². The van der Waals surface area contributed by atoms with Crippen molar-refractivity contribution in [3.05, 3.63) is 93.0 Å². The van der Waals surface area contributed by atoms with Gasteiger partial charge in [-0.25, -0.2) is 4.98 Å². The van der Waals surface area contributed by atoms with Crippen molar-refractivity contribution >= 4 is 34.2 Å². The number of carbonyl (C=O) groups is 2. The van der Waals surface area contributed by atoms with Crippen molar-refractivity contribution in [1.82, 2.24) is 14.5 Å². The van der Waals surface area contributed by atoms with Crippen LogP contribution in [0.3, 0.4) is 0 Å². The van der Waals surface area contributed by atoms with Crippen LogP contribution in [0.15, 0.2) is 64.5 Å². The van der Waals surface area contributed by atoms with E-state index in [0.717, 1.165) is 5.56 Å². The quantitative estimate of drug-likeness (QED) is 0.235. The number of fused-ring (bicyclic) bond motifs is 1. The van der Waals surface area contributed by atoms with E-state index in [-0.39, 0.29) is 28.9 Å². The van der Waals surface area contributed by atoms with Crippen LogP contribution in [0, 0.1) is 13.8 Å². The number of aromatic amines is 1. The van der Waals surface area contributed by atoms with E-state index in [0.29, 0.717) is 38.6 Å². The zero-order chi connectivity index (χ0) is 23.7. The fourth-order valence-electron chi connectivity index (χ4n) is 4.21. The molecule has 168 valence electrons. The summed E-state index contributed by atoms with van der Waals surface area (Å²) >= 11 is 1.23. The Labute approximate surface area is 196 Å². The van der Waals surface area contributed by atoms with Gasteiger partial charge in [0.15, 0.2) is 16.7 Å². The maximum absolute atomic E-state index is 13.4. The highest BCUT2D eigenvalue weighted by Gasteiger charge is 2.22. The SMILES string of the molecule is CC(=O)c1c(C)[nH]c(C(=O)CSc2nc3ccccc3c(=O)n2[C@H](C)c2ccccc2)c1C. The number of para-hydroxylation sites is 1. The standard InChI is InChI=1S/C26H25N3O3S/c1-15-23(18(4)30)16(2)27-24(15)22(31)14-33-26-28-21-13-9-8-12-20(21)25(32)29(26)17(3)19-10-6-5-7-11-19/h5-13,17,27H,14H2,1-4H3/t17-/m1/s1. The molecule has 0 aliphatic carbocycles. The van der Waals surface area contributed by atoms with Gasteiger partial charge in [0.1, 0.15) is 0 Å². The van der Waals surface area contributed by atoms with Gasteiger partial charge in [-0.15, -0.1) is 0 Å². The highest BCUT2D eigenvalue weighted by atomic mass is 32.2. The van der Waals surface area contributed by atoms with Gasteiger partial charge in [0.2, 0.25) is 0 Å². The normalized spacial score (nSPS) is 12.1. The lowest BCUT2D eigenvalue weighted by atomic mass is 10.1. The lowest BCUT2D eigenvalue weighted by molar-refractivity contribution is 0.101. The van der Waals surface area contributed by atoms with Crippen molar-refractivity contribution in [2.45, 2.75) is 38.9 Å². The van der Waals surface area contributed by atoms with Crippen molar-refractivity contribution in [2.24, 2.45) is 0 Å². The Kier molecular flexibility index (Phi) is 6.33. The average molecular weight is 460 g/mol. The highest BCUT2D eigenvalue weighted by Crippen LogP contribution is 2.26. The van der Waals surface area contributed by atoms with Crippen LogP contribution in [0.5, 0.6) is 0 Å². The molecule has 4 rings (SSSR count). The predicted molar refractivity (Wildman–Crippen MR) is 132 cm³/mol. The number of H-pyrrole nitrogens is 1. The minimum Gasteiger partial charge on any atom is -0.355 e. The van der Waals surface area contributed by atoms with Gasteiger partial charge in [0.05, 0.1) is 28.4 Å². The fraction of sp³-hybridized carbons (Fsp3) is 0.231. The molecule has 4 aromatic rings. The number of Topliss-reactive ketones (excluding diaryl/α,β-unsaturated/α-hetero) is 2. The minimum atomic E-state index is -0.257. The first kappa shape index (κ1) is 22.7. The Morgan fingerprint density at radius 3 is 2.39 bits per heavy atom. The third-order valence-corrected chi connectivity index (χ3v) is 6.80. The van der Waals surface area contributed by atoms with E-state index in [2.05, 4.69) is 4.98 Å². The smallest absolute Gasteiger partial charge is 0.262 e. The molecule has 0 unspecified atom stereocenters. The summed E-state index contributed by atoms with van der Waals surface area (Å²) in [6.07, 6.45) is 0. The topological polar surface area (TPSA) is 84.8 Å². The molecule has 0 aliphatic rings. The van der Waals surface area contributed by atoms with Crippen LogP contribution < -0.4 is 5.56 Å². The van der Waals surface area contributed by atoms with Gasteiger partial charge in [-0.2, -0.15) is 0 Å². The van der Waals surface area contributed by atoms with Crippen LogP contribution in [-0.4, -0.2) is 31.9 Å². The summed E-state index contributed by atoms with van der Waals surface area (Å²) in [5.74, 6) is -0.131. The molecule has 0 fully saturated rings. The number of nitrogens with one attached hydrogen (secondary N) is 1. The van der Waals surface area contributed by atoms with Crippen molar-refractivity contribution in [3.63, 3.8) is 0 Å². The van der Waals surface area contributed by atoms with Crippen LogP contribution >= 0.6 is 11.8 Å². The first-order chi connectivity index (χ1) is 15.8. The predicted octanol–water partition coefficient (Wildman–Crippen LogP) is 5.13. The van der Waals surface area contributed by atoms with E-state index < -0.39 is 0 Å². The number of hydrogen-bond acceptors (Lipinski definition) is 5. The third kappa shape index (κ3) is 4.28. The third-order valence-electron chi connectivity index (χ3n) is 5.85. The minimum absolute atomic E-state index is 0.0744. The molecule has 0 saturated carbocycles. The molecule has 2 aromatic heterocycles. The number of aryl methyl sites for hydroxylation is 1. The molecule has 6 nitrogen and oxygen atoms in total. The number of benzene rings is 2.